The van der Waals surface area contributed by atoms with Crippen molar-refractivity contribution in [3.05, 3.63) is 284 Å². The molecule has 1 unspecified atom stereocenters. The molecule has 0 heterocycles. The van der Waals surface area contributed by atoms with Crippen LogP contribution in [0, 0.1) is 0 Å². The number of hydrogen-bond acceptors (Lipinski definition) is 1. The average Bonchev–Trinajstić information content (AvgIpc) is 3.69. The van der Waals surface area contributed by atoms with Crippen LogP contribution in [0.1, 0.15) is 23.6 Å². The van der Waals surface area contributed by atoms with E-state index < -0.39 is 0 Å². The monoisotopic (exact) mass is 877 g/mol. The minimum atomic E-state index is -0.270. The molecule has 12 aromatic rings. The first-order chi connectivity index (χ1) is 34.1. The molecule has 1 atom stereocenters. The molecule has 0 spiro atoms. The van der Waals surface area contributed by atoms with E-state index in [-0.39, 0.29) is 5.41 Å². The summed E-state index contributed by atoms with van der Waals surface area (Å²) in [4.78, 5) is 2.42. The summed E-state index contributed by atoms with van der Waals surface area (Å²) >= 11 is 0. The smallest absolute Gasteiger partial charge is 0.0468 e. The zero-order valence-corrected chi connectivity index (χ0v) is 38.4. The van der Waals surface area contributed by atoms with E-state index in [1.54, 1.807) is 0 Å². The van der Waals surface area contributed by atoms with Gasteiger partial charge in [-0.15, -0.1) is 0 Å². The van der Waals surface area contributed by atoms with Gasteiger partial charge in [0, 0.05) is 22.5 Å². The van der Waals surface area contributed by atoms with Crippen LogP contribution in [0.15, 0.2) is 267 Å². The van der Waals surface area contributed by atoms with Crippen molar-refractivity contribution in [2.24, 2.45) is 0 Å². The van der Waals surface area contributed by atoms with Crippen LogP contribution in [0.2, 0.25) is 0 Å². The van der Waals surface area contributed by atoms with Gasteiger partial charge in [-0.25, -0.2) is 0 Å². The molecule has 1 heteroatoms. The lowest BCUT2D eigenvalue weighted by molar-refractivity contribution is 0.714. The van der Waals surface area contributed by atoms with E-state index in [1.807, 2.05) is 0 Å². The Bertz CT molecular complexity index is 3870. The zero-order chi connectivity index (χ0) is 45.9. The summed E-state index contributed by atoms with van der Waals surface area (Å²) in [5, 5.41) is 7.52. The molecule has 0 radical (unpaired) electrons. The first-order valence-electron chi connectivity index (χ1n) is 24.0. The van der Waals surface area contributed by atoms with Crippen LogP contribution in [0.3, 0.4) is 0 Å². The van der Waals surface area contributed by atoms with Gasteiger partial charge in [0.05, 0.1) is 0 Å². The Labute approximate surface area is 403 Å². The Hall–Kier alpha value is -8.78. The van der Waals surface area contributed by atoms with E-state index in [9.17, 15) is 0 Å². The molecule has 69 heavy (non-hydrogen) atoms. The summed E-state index contributed by atoms with van der Waals surface area (Å²) in [6, 6.07) is 98.3. The van der Waals surface area contributed by atoms with Gasteiger partial charge in [-0.2, -0.15) is 0 Å². The van der Waals surface area contributed by atoms with Crippen LogP contribution in [0.4, 0.5) is 17.1 Å². The molecule has 0 bridgehead atoms. The van der Waals surface area contributed by atoms with Crippen molar-refractivity contribution < 1.29 is 0 Å². The highest BCUT2D eigenvalue weighted by Gasteiger charge is 2.41. The number of nitrogens with zero attached hydrogens (tertiary/aromatic N) is 1. The van der Waals surface area contributed by atoms with Gasteiger partial charge in [0.25, 0.3) is 0 Å². The maximum atomic E-state index is 2.42. The van der Waals surface area contributed by atoms with Gasteiger partial charge in [-0.3, -0.25) is 0 Å². The molecule has 0 saturated heterocycles. The van der Waals surface area contributed by atoms with Crippen LogP contribution >= 0.6 is 0 Å². The van der Waals surface area contributed by atoms with E-state index in [1.165, 1.54) is 105 Å². The molecule has 0 amide bonds. The van der Waals surface area contributed by atoms with E-state index >= 15 is 0 Å². The Balaban J connectivity index is 0.952. The topological polar surface area (TPSA) is 3.24 Å². The second kappa shape index (κ2) is 16.5. The fourth-order valence-corrected chi connectivity index (χ4v) is 11.3. The molecule has 0 saturated carbocycles. The maximum Gasteiger partial charge on any atom is 0.0468 e. The van der Waals surface area contributed by atoms with Gasteiger partial charge in [0.2, 0.25) is 0 Å². The fraction of sp³-hybridized carbons (Fsp3) is 0.0294. The summed E-state index contributed by atoms with van der Waals surface area (Å²) in [6.07, 6.45) is 0. The van der Waals surface area contributed by atoms with Crippen molar-refractivity contribution in [2.75, 3.05) is 4.90 Å². The molecule has 0 N–H and O–H groups in total. The lowest BCUT2D eigenvalue weighted by atomic mass is 9.74. The molecule has 12 aromatic carbocycles. The summed E-state index contributed by atoms with van der Waals surface area (Å²) in [5.41, 5.74) is 19.3. The van der Waals surface area contributed by atoms with E-state index in [4.69, 9.17) is 0 Å². The molecule has 1 aliphatic carbocycles. The van der Waals surface area contributed by atoms with E-state index in [0.717, 1.165) is 17.1 Å². The molecule has 324 valence electrons. The highest BCUT2D eigenvalue weighted by molar-refractivity contribution is 6.22. The molecule has 13 rings (SSSR count). The SMILES string of the molecule is CC1(c2ccccc2)c2ccccc2-c2cc(N(c3ccc(-c4ccc5ccccc5c4)cc3)c3ccc(-c4ccc5c(c4)c(-c4ccccc4)c(-c4ccccc4)c4ccccc45)cc3)ccc21. The third-order valence-electron chi connectivity index (χ3n) is 14.7. The van der Waals surface area contributed by atoms with Gasteiger partial charge in [0.1, 0.15) is 0 Å². The molecular weight excluding hydrogens is 831 g/mol. The predicted octanol–water partition coefficient (Wildman–Crippen LogP) is 18.6. The first kappa shape index (κ1) is 40.5. The highest BCUT2D eigenvalue weighted by Crippen LogP contribution is 2.54. The Morgan fingerprint density at radius 2 is 0.754 bits per heavy atom. The lowest BCUT2D eigenvalue weighted by Crippen LogP contribution is -2.22. The zero-order valence-electron chi connectivity index (χ0n) is 38.4. The quantitative estimate of drug-likeness (QED) is 0.138. The van der Waals surface area contributed by atoms with Crippen molar-refractivity contribution in [1.29, 1.82) is 0 Å². The highest BCUT2D eigenvalue weighted by atomic mass is 15.1. The Morgan fingerprint density at radius 1 is 0.275 bits per heavy atom. The van der Waals surface area contributed by atoms with Gasteiger partial charge in [-0.05, 0) is 160 Å². The van der Waals surface area contributed by atoms with Crippen molar-refractivity contribution in [3.8, 4) is 55.6 Å². The summed E-state index contributed by atoms with van der Waals surface area (Å²) in [5.74, 6) is 0. The van der Waals surface area contributed by atoms with E-state index in [2.05, 4.69) is 279 Å². The normalized spacial score (nSPS) is 13.9. The maximum absolute atomic E-state index is 2.42. The van der Waals surface area contributed by atoms with Crippen LogP contribution in [-0.4, -0.2) is 0 Å². The lowest BCUT2D eigenvalue weighted by Gasteiger charge is -2.29. The van der Waals surface area contributed by atoms with Gasteiger partial charge in [-0.1, -0.05) is 218 Å². The molecule has 1 aliphatic rings. The number of hydrogen-bond donors (Lipinski definition) is 0. The van der Waals surface area contributed by atoms with Crippen LogP contribution in [0.5, 0.6) is 0 Å². The van der Waals surface area contributed by atoms with Crippen LogP contribution in [-0.2, 0) is 5.41 Å². The number of rotatable bonds is 8. The number of fused-ring (bicyclic) bond motifs is 7. The Morgan fingerprint density at radius 3 is 1.43 bits per heavy atom. The molecule has 0 aromatic heterocycles. The van der Waals surface area contributed by atoms with Crippen molar-refractivity contribution in [1.82, 2.24) is 0 Å². The van der Waals surface area contributed by atoms with E-state index in [0.29, 0.717) is 0 Å². The summed E-state index contributed by atoms with van der Waals surface area (Å²) in [6.45, 7) is 2.38. The average molecular weight is 878 g/mol. The molecule has 1 nitrogen and oxygen atoms in total. The minimum Gasteiger partial charge on any atom is -0.310 e. The first-order valence-corrected chi connectivity index (χ1v) is 24.0. The third kappa shape index (κ3) is 6.77. The fourth-order valence-electron chi connectivity index (χ4n) is 11.3. The van der Waals surface area contributed by atoms with Crippen molar-refractivity contribution in [3.63, 3.8) is 0 Å². The van der Waals surface area contributed by atoms with Crippen molar-refractivity contribution >= 4 is 49.4 Å². The number of benzene rings is 12. The largest absolute Gasteiger partial charge is 0.310 e. The minimum absolute atomic E-state index is 0.270. The van der Waals surface area contributed by atoms with Gasteiger partial charge >= 0.3 is 0 Å². The predicted molar refractivity (Wildman–Crippen MR) is 293 cm³/mol. The van der Waals surface area contributed by atoms with Crippen LogP contribution < -0.4 is 4.90 Å². The van der Waals surface area contributed by atoms with Crippen LogP contribution in [0.25, 0.3) is 88.0 Å². The third-order valence-corrected chi connectivity index (χ3v) is 14.7. The Kier molecular flexibility index (Phi) is 9.70. The van der Waals surface area contributed by atoms with Gasteiger partial charge in [0.15, 0.2) is 0 Å². The van der Waals surface area contributed by atoms with Crippen molar-refractivity contribution in [2.45, 2.75) is 12.3 Å². The summed E-state index contributed by atoms with van der Waals surface area (Å²) in [7, 11) is 0. The molecule has 0 aliphatic heterocycles. The summed E-state index contributed by atoms with van der Waals surface area (Å²) < 4.78 is 0. The standard InChI is InChI=1S/C68H47N/c1-68(54-23-9-4-10-24-54)64-28-16-15-26-60(64)62-45-57(40-42-65(62)68)69(55-36-31-47(32-37-55)52-30-29-46-17-11-12-22-51(46)43-52)56-38-33-48(34-39-56)53-35-41-59-58-25-13-14-27-61(58)66(49-18-5-2-6-19-49)67(63(59)44-53)50-20-7-3-8-21-50/h2-45H,1H3. The van der Waals surface area contributed by atoms with Gasteiger partial charge < -0.3 is 4.90 Å². The molecular formula is C68H47N. The molecule has 0 fully saturated rings. The number of anilines is 3. The second-order valence-electron chi connectivity index (χ2n) is 18.5. The second-order valence-corrected chi connectivity index (χ2v) is 18.5.